The van der Waals surface area contributed by atoms with Crippen LogP contribution in [0, 0.1) is 11.8 Å². The summed E-state index contributed by atoms with van der Waals surface area (Å²) in [7, 11) is 2.09. The van der Waals surface area contributed by atoms with Gasteiger partial charge in [-0.2, -0.15) is 4.98 Å². The van der Waals surface area contributed by atoms with Crippen molar-refractivity contribution < 1.29 is 4.52 Å². The van der Waals surface area contributed by atoms with Crippen LogP contribution >= 0.6 is 12.4 Å². The minimum Gasteiger partial charge on any atom is -0.338 e. The molecule has 0 bridgehead atoms. The molecule has 1 aliphatic rings. The summed E-state index contributed by atoms with van der Waals surface area (Å²) in [5, 5.41) is 4.01. The summed E-state index contributed by atoms with van der Waals surface area (Å²) >= 11 is 0. The van der Waals surface area contributed by atoms with Gasteiger partial charge in [0.1, 0.15) is 0 Å². The van der Waals surface area contributed by atoms with Gasteiger partial charge in [-0.05, 0) is 31.7 Å². The highest BCUT2D eigenvalue weighted by Crippen LogP contribution is 2.34. The van der Waals surface area contributed by atoms with Crippen LogP contribution in [0.2, 0.25) is 0 Å². The topological polar surface area (TPSA) is 68.2 Å². The summed E-state index contributed by atoms with van der Waals surface area (Å²) < 4.78 is 5.29. The molecule has 1 aliphatic carbocycles. The van der Waals surface area contributed by atoms with E-state index in [4.69, 9.17) is 10.3 Å². The Kier molecular flexibility index (Phi) is 6.23. The molecule has 1 aromatic heterocycles. The molecule has 1 heterocycles. The van der Waals surface area contributed by atoms with Crippen molar-refractivity contribution >= 4 is 12.4 Å². The lowest BCUT2D eigenvalue weighted by Gasteiger charge is -2.25. The quantitative estimate of drug-likeness (QED) is 0.829. The van der Waals surface area contributed by atoms with Crippen molar-refractivity contribution in [2.75, 3.05) is 13.6 Å². The molecule has 2 N–H and O–H groups in total. The van der Waals surface area contributed by atoms with Gasteiger partial charge in [0.15, 0.2) is 5.82 Å². The lowest BCUT2D eigenvalue weighted by atomic mass is 10.1. The van der Waals surface area contributed by atoms with Crippen LogP contribution < -0.4 is 5.73 Å². The summed E-state index contributed by atoms with van der Waals surface area (Å²) in [4.78, 5) is 6.67. The maximum Gasteiger partial charge on any atom is 0.240 e. The first kappa shape index (κ1) is 16.4. The number of aromatic nitrogens is 2. The monoisotopic (exact) mass is 288 g/mol. The van der Waals surface area contributed by atoms with E-state index in [1.807, 2.05) is 0 Å². The van der Waals surface area contributed by atoms with E-state index in [1.165, 1.54) is 12.8 Å². The van der Waals surface area contributed by atoms with Gasteiger partial charge in [-0.15, -0.1) is 12.4 Å². The normalized spacial score (nSPS) is 16.7. The molecule has 110 valence electrons. The smallest absolute Gasteiger partial charge is 0.240 e. The van der Waals surface area contributed by atoms with Gasteiger partial charge >= 0.3 is 0 Å². The molecule has 0 saturated heterocycles. The first-order valence-electron chi connectivity index (χ1n) is 6.82. The molecule has 1 atom stereocenters. The van der Waals surface area contributed by atoms with Crippen LogP contribution in [0.1, 0.15) is 38.4 Å². The Labute approximate surface area is 121 Å². The third-order valence-electron chi connectivity index (χ3n) is 3.46. The molecule has 5 nitrogen and oxygen atoms in total. The fourth-order valence-electron chi connectivity index (χ4n) is 2.35. The van der Waals surface area contributed by atoms with E-state index in [0.29, 0.717) is 30.9 Å². The van der Waals surface area contributed by atoms with Crippen molar-refractivity contribution in [1.82, 2.24) is 15.0 Å². The Hall–Kier alpha value is -0.650. The van der Waals surface area contributed by atoms with E-state index in [2.05, 4.69) is 35.9 Å². The standard InChI is InChI=1S/C13H24N4O.ClH/c1-9(2)6-12-15-13(18-16-12)8-17(3)11(7-14)10-4-5-10;/h9-11H,4-8,14H2,1-3H3;1H. The van der Waals surface area contributed by atoms with E-state index >= 15 is 0 Å². The summed E-state index contributed by atoms with van der Waals surface area (Å²) in [6.45, 7) is 5.71. The van der Waals surface area contributed by atoms with Crippen molar-refractivity contribution in [1.29, 1.82) is 0 Å². The fraction of sp³-hybridized carbons (Fsp3) is 0.846. The SMILES string of the molecule is CC(C)Cc1noc(CN(C)C(CN)C2CC2)n1.Cl. The van der Waals surface area contributed by atoms with Gasteiger partial charge < -0.3 is 10.3 Å². The average Bonchev–Trinajstić information content (AvgIpc) is 3.02. The van der Waals surface area contributed by atoms with E-state index in [1.54, 1.807) is 0 Å². The molecule has 1 aromatic rings. The molecule has 1 unspecified atom stereocenters. The number of hydrogen-bond donors (Lipinski definition) is 1. The fourth-order valence-corrected chi connectivity index (χ4v) is 2.35. The molecule has 6 heteroatoms. The maximum atomic E-state index is 5.83. The van der Waals surface area contributed by atoms with E-state index in [9.17, 15) is 0 Å². The number of halogens is 1. The molecule has 1 saturated carbocycles. The number of nitrogens with zero attached hydrogens (tertiary/aromatic N) is 3. The lowest BCUT2D eigenvalue weighted by molar-refractivity contribution is 0.189. The highest BCUT2D eigenvalue weighted by Gasteiger charge is 2.33. The molecule has 0 amide bonds. The van der Waals surface area contributed by atoms with Gasteiger partial charge in [0, 0.05) is 19.0 Å². The minimum atomic E-state index is 0. The van der Waals surface area contributed by atoms with Crippen LogP contribution in [0.4, 0.5) is 0 Å². The second-order valence-electron chi connectivity index (χ2n) is 5.76. The van der Waals surface area contributed by atoms with Crippen molar-refractivity contribution in [3.63, 3.8) is 0 Å². The van der Waals surface area contributed by atoms with Crippen LogP contribution in [-0.4, -0.2) is 34.7 Å². The number of hydrogen-bond acceptors (Lipinski definition) is 5. The number of rotatable bonds is 7. The highest BCUT2D eigenvalue weighted by atomic mass is 35.5. The van der Waals surface area contributed by atoms with Gasteiger partial charge in [0.05, 0.1) is 6.54 Å². The van der Waals surface area contributed by atoms with Crippen LogP contribution in [0.15, 0.2) is 4.52 Å². The third kappa shape index (κ3) is 4.75. The maximum absolute atomic E-state index is 5.83. The summed E-state index contributed by atoms with van der Waals surface area (Å²) in [5.41, 5.74) is 5.83. The zero-order valence-electron chi connectivity index (χ0n) is 12.0. The molecule has 0 spiro atoms. The van der Waals surface area contributed by atoms with Crippen molar-refractivity contribution in [3.8, 4) is 0 Å². The zero-order valence-corrected chi connectivity index (χ0v) is 12.8. The zero-order chi connectivity index (χ0) is 13.1. The van der Waals surface area contributed by atoms with Gasteiger partial charge in [0.25, 0.3) is 0 Å². The average molecular weight is 289 g/mol. The molecule has 0 aliphatic heterocycles. The molecule has 1 fully saturated rings. The van der Waals surface area contributed by atoms with Crippen LogP contribution in [-0.2, 0) is 13.0 Å². The predicted octanol–water partition coefficient (Wildman–Crippen LogP) is 1.86. The van der Waals surface area contributed by atoms with E-state index < -0.39 is 0 Å². The van der Waals surface area contributed by atoms with Crippen molar-refractivity contribution in [2.45, 2.75) is 45.7 Å². The van der Waals surface area contributed by atoms with E-state index in [0.717, 1.165) is 18.2 Å². The Bertz CT molecular complexity index is 378. The summed E-state index contributed by atoms with van der Waals surface area (Å²) in [6.07, 6.45) is 3.47. The third-order valence-corrected chi connectivity index (χ3v) is 3.46. The lowest BCUT2D eigenvalue weighted by Crippen LogP contribution is -2.39. The summed E-state index contributed by atoms with van der Waals surface area (Å²) in [5.74, 6) is 2.82. The molecule has 19 heavy (non-hydrogen) atoms. The summed E-state index contributed by atoms with van der Waals surface area (Å²) in [6, 6.07) is 0.449. The molecule has 0 radical (unpaired) electrons. The largest absolute Gasteiger partial charge is 0.338 e. The highest BCUT2D eigenvalue weighted by molar-refractivity contribution is 5.85. The Morgan fingerprint density at radius 1 is 1.42 bits per heavy atom. The van der Waals surface area contributed by atoms with Gasteiger partial charge in [-0.3, -0.25) is 4.90 Å². The van der Waals surface area contributed by atoms with Gasteiger partial charge in [0.2, 0.25) is 5.89 Å². The molecular weight excluding hydrogens is 264 g/mol. The van der Waals surface area contributed by atoms with Crippen molar-refractivity contribution in [2.24, 2.45) is 17.6 Å². The van der Waals surface area contributed by atoms with E-state index in [-0.39, 0.29) is 12.4 Å². The number of likely N-dealkylation sites (N-methyl/N-ethyl adjacent to an activating group) is 1. The minimum absolute atomic E-state index is 0. The molecule has 0 aromatic carbocycles. The van der Waals surface area contributed by atoms with Gasteiger partial charge in [-0.25, -0.2) is 0 Å². The van der Waals surface area contributed by atoms with Crippen LogP contribution in [0.25, 0.3) is 0 Å². The molecule has 2 rings (SSSR count). The Morgan fingerprint density at radius 2 is 2.11 bits per heavy atom. The number of nitrogens with two attached hydrogens (primary N) is 1. The second-order valence-corrected chi connectivity index (χ2v) is 5.76. The predicted molar refractivity (Wildman–Crippen MR) is 77.1 cm³/mol. The van der Waals surface area contributed by atoms with Crippen molar-refractivity contribution in [3.05, 3.63) is 11.7 Å². The molecular formula is C13H25ClN4O. The second kappa shape index (κ2) is 7.22. The first-order valence-corrected chi connectivity index (χ1v) is 6.82. The van der Waals surface area contributed by atoms with Gasteiger partial charge in [-0.1, -0.05) is 19.0 Å². The Balaban J connectivity index is 0.00000180. The van der Waals surface area contributed by atoms with Crippen LogP contribution in [0.5, 0.6) is 0 Å². The Morgan fingerprint density at radius 3 is 2.63 bits per heavy atom. The first-order chi connectivity index (χ1) is 8.60. The van der Waals surface area contributed by atoms with Crippen LogP contribution in [0.3, 0.4) is 0 Å².